The molecule has 0 aromatic heterocycles. The molecule has 0 atom stereocenters. The van der Waals surface area contributed by atoms with Crippen molar-refractivity contribution in [2.24, 2.45) is 11.1 Å². The van der Waals surface area contributed by atoms with Crippen LogP contribution in [0.2, 0.25) is 0 Å². The van der Waals surface area contributed by atoms with E-state index in [0.29, 0.717) is 0 Å². The van der Waals surface area contributed by atoms with Gasteiger partial charge in [-0.05, 0) is 31.6 Å². The first kappa shape index (κ1) is 6.72. The first-order valence-corrected chi connectivity index (χ1v) is 3.65. The van der Waals surface area contributed by atoms with Gasteiger partial charge in [-0.3, -0.25) is 0 Å². The molecular formula is C7H13NO. The zero-order valence-electron chi connectivity index (χ0n) is 5.84. The number of hydrogen-bond acceptors (Lipinski definition) is 2. The molecule has 0 unspecified atom stereocenters. The van der Waals surface area contributed by atoms with Gasteiger partial charge >= 0.3 is 0 Å². The minimum atomic E-state index is 0.140. The summed E-state index contributed by atoms with van der Waals surface area (Å²) in [6.45, 7) is 2.24. The molecule has 0 bridgehead atoms. The zero-order valence-corrected chi connectivity index (χ0v) is 5.84. The molecule has 2 nitrogen and oxygen atoms in total. The fraction of sp³-hybridized carbons (Fsp3) is 1.00. The maximum absolute atomic E-state index is 10.0. The number of hydrogen-bond donors (Lipinski definition) is 0. The van der Waals surface area contributed by atoms with Crippen LogP contribution >= 0.6 is 0 Å². The van der Waals surface area contributed by atoms with Gasteiger partial charge in [0.15, 0.2) is 0 Å². The fourth-order valence-electron chi connectivity index (χ4n) is 1.35. The second-order valence-electron chi connectivity index (χ2n) is 3.02. The van der Waals surface area contributed by atoms with Crippen LogP contribution in [0.5, 0.6) is 0 Å². The lowest BCUT2D eigenvalue weighted by Crippen LogP contribution is -2.14. The lowest BCUT2D eigenvalue weighted by molar-refractivity contribution is 0.348. The highest BCUT2D eigenvalue weighted by atomic mass is 16.3. The van der Waals surface area contributed by atoms with Crippen LogP contribution in [0.25, 0.3) is 0 Å². The second-order valence-corrected chi connectivity index (χ2v) is 3.02. The average molecular weight is 127 g/mol. The van der Waals surface area contributed by atoms with Crippen LogP contribution in [0.1, 0.15) is 32.6 Å². The lowest BCUT2D eigenvalue weighted by atomic mass is 9.88. The van der Waals surface area contributed by atoms with Crippen molar-refractivity contribution in [1.29, 1.82) is 0 Å². The molecule has 0 N–H and O–H groups in total. The van der Waals surface area contributed by atoms with Crippen LogP contribution in [0.3, 0.4) is 0 Å². The van der Waals surface area contributed by atoms with Gasteiger partial charge in [0, 0.05) is 0 Å². The summed E-state index contributed by atoms with van der Waals surface area (Å²) < 4.78 is 0. The minimum Gasteiger partial charge on any atom is -0.151 e. The standard InChI is InChI=1S/C7H13NO/c1-6-2-4-7(8-9)5-3-6/h6-7H,2-5H2,1H3/t6-,7-. The molecule has 0 aromatic rings. The molecule has 0 saturated heterocycles. The van der Waals surface area contributed by atoms with E-state index in [2.05, 4.69) is 12.1 Å². The van der Waals surface area contributed by atoms with Crippen LogP contribution in [-0.4, -0.2) is 6.04 Å². The predicted molar refractivity (Wildman–Crippen MR) is 37.2 cm³/mol. The topological polar surface area (TPSA) is 29.4 Å². The van der Waals surface area contributed by atoms with Crippen molar-refractivity contribution in [2.75, 3.05) is 0 Å². The van der Waals surface area contributed by atoms with E-state index in [1.54, 1.807) is 0 Å². The van der Waals surface area contributed by atoms with Crippen LogP contribution in [-0.2, 0) is 0 Å². The molecule has 0 heterocycles. The number of rotatable bonds is 1. The zero-order chi connectivity index (χ0) is 6.69. The Bertz CT molecular complexity index is 95.1. The monoisotopic (exact) mass is 127 g/mol. The van der Waals surface area contributed by atoms with E-state index in [4.69, 9.17) is 0 Å². The van der Waals surface area contributed by atoms with E-state index in [1.165, 1.54) is 12.8 Å². The summed E-state index contributed by atoms with van der Waals surface area (Å²) in [5.41, 5.74) is 0. The van der Waals surface area contributed by atoms with Crippen LogP contribution in [0, 0.1) is 10.8 Å². The third-order valence-corrected chi connectivity index (χ3v) is 2.13. The van der Waals surface area contributed by atoms with Gasteiger partial charge in [-0.1, -0.05) is 12.1 Å². The molecule has 1 aliphatic carbocycles. The van der Waals surface area contributed by atoms with Gasteiger partial charge in [0.05, 0.1) is 6.04 Å². The Kier molecular flexibility index (Phi) is 2.20. The summed E-state index contributed by atoms with van der Waals surface area (Å²) in [6, 6.07) is 0.140. The first-order valence-electron chi connectivity index (χ1n) is 3.65. The highest BCUT2D eigenvalue weighted by Crippen LogP contribution is 2.24. The molecule has 0 radical (unpaired) electrons. The third-order valence-electron chi connectivity index (χ3n) is 2.13. The Morgan fingerprint density at radius 1 is 1.22 bits per heavy atom. The largest absolute Gasteiger partial charge is 0.151 e. The van der Waals surface area contributed by atoms with Gasteiger partial charge in [-0.2, -0.15) is 4.91 Å². The summed E-state index contributed by atoms with van der Waals surface area (Å²) in [5.74, 6) is 0.822. The summed E-state index contributed by atoms with van der Waals surface area (Å²) in [6.07, 6.45) is 4.42. The molecule has 0 aliphatic heterocycles. The Morgan fingerprint density at radius 2 is 1.78 bits per heavy atom. The third kappa shape index (κ3) is 1.77. The Balaban J connectivity index is 2.26. The smallest absolute Gasteiger partial charge is 0.0920 e. The summed E-state index contributed by atoms with van der Waals surface area (Å²) in [7, 11) is 0. The lowest BCUT2D eigenvalue weighted by Gasteiger charge is -2.20. The average Bonchev–Trinajstić information content (AvgIpc) is 1.90. The van der Waals surface area contributed by atoms with Gasteiger partial charge in [-0.25, -0.2) is 0 Å². The van der Waals surface area contributed by atoms with E-state index >= 15 is 0 Å². The quantitative estimate of drug-likeness (QED) is 0.497. The van der Waals surface area contributed by atoms with E-state index in [-0.39, 0.29) is 6.04 Å². The van der Waals surface area contributed by atoms with Crippen LogP contribution < -0.4 is 0 Å². The van der Waals surface area contributed by atoms with Gasteiger partial charge in [0.25, 0.3) is 0 Å². The van der Waals surface area contributed by atoms with Crippen molar-refractivity contribution in [3.8, 4) is 0 Å². The summed E-state index contributed by atoms with van der Waals surface area (Å²) in [5, 5.41) is 3.03. The van der Waals surface area contributed by atoms with Crippen LogP contribution in [0.15, 0.2) is 5.18 Å². The summed E-state index contributed by atoms with van der Waals surface area (Å²) >= 11 is 0. The molecule has 0 spiro atoms. The van der Waals surface area contributed by atoms with Gasteiger partial charge in [0.2, 0.25) is 0 Å². The van der Waals surface area contributed by atoms with Crippen molar-refractivity contribution >= 4 is 0 Å². The van der Waals surface area contributed by atoms with Crippen molar-refractivity contribution in [3.63, 3.8) is 0 Å². The molecule has 52 valence electrons. The van der Waals surface area contributed by atoms with E-state index in [9.17, 15) is 4.91 Å². The maximum Gasteiger partial charge on any atom is 0.0920 e. The van der Waals surface area contributed by atoms with Gasteiger partial charge in [0.1, 0.15) is 0 Å². The molecule has 1 saturated carbocycles. The fourth-order valence-corrected chi connectivity index (χ4v) is 1.35. The molecule has 9 heavy (non-hydrogen) atoms. The van der Waals surface area contributed by atoms with Gasteiger partial charge in [-0.15, -0.1) is 0 Å². The van der Waals surface area contributed by atoms with Crippen molar-refractivity contribution in [2.45, 2.75) is 38.6 Å². The molecule has 1 fully saturated rings. The Hall–Kier alpha value is -0.400. The number of nitrogens with zero attached hydrogens (tertiary/aromatic N) is 1. The molecule has 1 rings (SSSR count). The molecule has 2 heteroatoms. The highest BCUT2D eigenvalue weighted by molar-refractivity contribution is 4.73. The second kappa shape index (κ2) is 2.95. The molecular weight excluding hydrogens is 114 g/mol. The SMILES string of the molecule is C[C@H]1CC[C@H](N=O)CC1. The van der Waals surface area contributed by atoms with Crippen molar-refractivity contribution in [3.05, 3.63) is 4.91 Å². The minimum absolute atomic E-state index is 0.140. The molecule has 0 amide bonds. The maximum atomic E-state index is 10.0. The normalized spacial score (nSPS) is 36.1. The van der Waals surface area contributed by atoms with Gasteiger partial charge < -0.3 is 0 Å². The number of nitroso groups, excluding NO2 is 1. The van der Waals surface area contributed by atoms with E-state index < -0.39 is 0 Å². The van der Waals surface area contributed by atoms with Crippen LogP contribution in [0.4, 0.5) is 0 Å². The highest BCUT2D eigenvalue weighted by Gasteiger charge is 2.17. The summed E-state index contributed by atoms with van der Waals surface area (Å²) in [4.78, 5) is 10.0. The van der Waals surface area contributed by atoms with Crippen molar-refractivity contribution < 1.29 is 0 Å². The van der Waals surface area contributed by atoms with E-state index in [0.717, 1.165) is 18.8 Å². The molecule has 1 aliphatic rings. The van der Waals surface area contributed by atoms with Crippen molar-refractivity contribution in [1.82, 2.24) is 0 Å². The first-order chi connectivity index (χ1) is 4.33. The van der Waals surface area contributed by atoms with E-state index in [1.807, 2.05) is 0 Å². The predicted octanol–water partition coefficient (Wildman–Crippen LogP) is 2.33. The Labute approximate surface area is 55.6 Å². The Morgan fingerprint density at radius 3 is 2.22 bits per heavy atom. The molecule has 0 aromatic carbocycles.